The van der Waals surface area contributed by atoms with Gasteiger partial charge in [-0.2, -0.15) is 0 Å². The zero-order valence-corrected chi connectivity index (χ0v) is 16.3. The fourth-order valence-electron chi connectivity index (χ4n) is 3.81. The van der Waals surface area contributed by atoms with E-state index in [1.54, 1.807) is 12.1 Å². The van der Waals surface area contributed by atoms with E-state index >= 15 is 0 Å². The van der Waals surface area contributed by atoms with E-state index in [4.69, 9.17) is 4.74 Å². The van der Waals surface area contributed by atoms with E-state index in [1.807, 2.05) is 36.7 Å². The number of carbonyl (C=O) groups excluding carboxylic acids is 2. The third-order valence-corrected chi connectivity index (χ3v) is 5.44. The van der Waals surface area contributed by atoms with Crippen molar-refractivity contribution in [2.24, 2.45) is 0 Å². The Morgan fingerprint density at radius 3 is 2.69 bits per heavy atom. The zero-order valence-electron chi connectivity index (χ0n) is 16.3. The Hall–Kier alpha value is -2.93. The molecule has 0 bridgehead atoms. The molecule has 2 N–H and O–H groups in total. The number of likely N-dealkylation sites (tertiary alicyclic amines) is 1. The molecule has 7 heteroatoms. The van der Waals surface area contributed by atoms with E-state index in [1.165, 1.54) is 5.56 Å². The van der Waals surface area contributed by atoms with Crippen LogP contribution in [0.25, 0.3) is 0 Å². The summed E-state index contributed by atoms with van der Waals surface area (Å²) < 4.78 is 6.14. The van der Waals surface area contributed by atoms with Gasteiger partial charge >= 0.3 is 0 Å². The van der Waals surface area contributed by atoms with Crippen LogP contribution in [-0.2, 0) is 11.3 Å². The molecule has 2 fully saturated rings. The number of amides is 2. The Balaban J connectivity index is 1.28. The highest BCUT2D eigenvalue weighted by Crippen LogP contribution is 2.21. The summed E-state index contributed by atoms with van der Waals surface area (Å²) in [6.45, 7) is 3.49. The largest absolute Gasteiger partial charge is 0.490 e. The molecule has 2 amide bonds. The molecule has 2 aromatic rings. The minimum absolute atomic E-state index is 0.121. The Morgan fingerprint density at radius 1 is 1.17 bits per heavy atom. The molecule has 0 spiro atoms. The van der Waals surface area contributed by atoms with Gasteiger partial charge < -0.3 is 15.4 Å². The van der Waals surface area contributed by atoms with Crippen molar-refractivity contribution >= 4 is 11.8 Å². The number of benzene rings is 1. The lowest BCUT2D eigenvalue weighted by atomic mass is 10.1. The Bertz CT molecular complexity index is 850. The monoisotopic (exact) mass is 394 g/mol. The molecule has 7 nitrogen and oxygen atoms in total. The minimum Gasteiger partial charge on any atom is -0.490 e. The predicted molar refractivity (Wildman–Crippen MR) is 108 cm³/mol. The molecule has 0 saturated carbocycles. The van der Waals surface area contributed by atoms with Crippen LogP contribution in [0.3, 0.4) is 0 Å². The van der Waals surface area contributed by atoms with E-state index in [-0.39, 0.29) is 17.9 Å². The number of piperidine rings is 1. The van der Waals surface area contributed by atoms with Crippen molar-refractivity contribution in [2.75, 3.05) is 19.6 Å². The molecule has 1 aromatic heterocycles. The average molecular weight is 394 g/mol. The molecule has 3 heterocycles. The van der Waals surface area contributed by atoms with Gasteiger partial charge in [-0.15, -0.1) is 0 Å². The Kier molecular flexibility index (Phi) is 6.05. The number of nitrogens with one attached hydrogen (secondary N) is 2. The van der Waals surface area contributed by atoms with Crippen LogP contribution in [0.2, 0.25) is 0 Å². The summed E-state index contributed by atoms with van der Waals surface area (Å²) in [6, 6.07) is 10.8. The van der Waals surface area contributed by atoms with Gasteiger partial charge in [-0.1, -0.05) is 6.07 Å². The number of nitrogens with zero attached hydrogens (tertiary/aromatic N) is 2. The number of ether oxygens (including phenoxy) is 1. The van der Waals surface area contributed by atoms with Crippen molar-refractivity contribution in [1.29, 1.82) is 0 Å². The second kappa shape index (κ2) is 9.05. The van der Waals surface area contributed by atoms with Crippen LogP contribution in [0.15, 0.2) is 48.8 Å². The lowest BCUT2D eigenvalue weighted by molar-refractivity contribution is -0.120. The molecule has 1 atom stereocenters. The molecule has 2 saturated heterocycles. The maximum absolute atomic E-state index is 12.4. The maximum atomic E-state index is 12.4. The van der Waals surface area contributed by atoms with Crippen molar-refractivity contribution in [2.45, 2.75) is 38.0 Å². The van der Waals surface area contributed by atoms with Crippen LogP contribution in [-0.4, -0.2) is 53.5 Å². The fraction of sp³-hybridized carbons (Fsp3) is 0.409. The van der Waals surface area contributed by atoms with Gasteiger partial charge in [0.2, 0.25) is 5.91 Å². The van der Waals surface area contributed by atoms with Crippen LogP contribution in [0.4, 0.5) is 0 Å². The van der Waals surface area contributed by atoms with E-state index < -0.39 is 6.04 Å². The summed E-state index contributed by atoms with van der Waals surface area (Å²) in [6.07, 6.45) is 6.32. The summed E-state index contributed by atoms with van der Waals surface area (Å²) in [7, 11) is 0. The van der Waals surface area contributed by atoms with E-state index in [2.05, 4.69) is 20.5 Å². The number of carbonyl (C=O) groups is 2. The van der Waals surface area contributed by atoms with E-state index in [0.29, 0.717) is 24.3 Å². The van der Waals surface area contributed by atoms with Crippen molar-refractivity contribution in [3.8, 4) is 5.75 Å². The first-order valence-electron chi connectivity index (χ1n) is 10.1. The van der Waals surface area contributed by atoms with Gasteiger partial charge in [0.25, 0.3) is 5.91 Å². The first kappa shape index (κ1) is 19.4. The normalized spacial score (nSPS) is 20.3. The zero-order chi connectivity index (χ0) is 20.1. The first-order chi connectivity index (χ1) is 14.2. The van der Waals surface area contributed by atoms with Crippen molar-refractivity contribution in [1.82, 2.24) is 20.5 Å². The number of rotatable bonds is 6. The summed E-state index contributed by atoms with van der Waals surface area (Å²) in [5, 5.41) is 5.51. The smallest absolute Gasteiger partial charge is 0.252 e. The van der Waals surface area contributed by atoms with Gasteiger partial charge in [-0.25, -0.2) is 0 Å². The third-order valence-electron chi connectivity index (χ3n) is 5.44. The van der Waals surface area contributed by atoms with Gasteiger partial charge in [-0.05, 0) is 55.2 Å². The molecule has 2 aliphatic heterocycles. The molecular weight excluding hydrogens is 368 g/mol. The lowest BCUT2D eigenvalue weighted by Gasteiger charge is -2.32. The van der Waals surface area contributed by atoms with Gasteiger partial charge in [-0.3, -0.25) is 19.5 Å². The number of hydrogen-bond acceptors (Lipinski definition) is 5. The Labute approximate surface area is 170 Å². The fourth-order valence-corrected chi connectivity index (χ4v) is 3.81. The lowest BCUT2D eigenvalue weighted by Crippen LogP contribution is -2.40. The van der Waals surface area contributed by atoms with E-state index in [0.717, 1.165) is 32.5 Å². The molecule has 1 aromatic carbocycles. The van der Waals surface area contributed by atoms with Crippen LogP contribution < -0.4 is 15.4 Å². The second-order valence-electron chi connectivity index (χ2n) is 7.58. The molecule has 2 aliphatic rings. The Morgan fingerprint density at radius 2 is 1.97 bits per heavy atom. The molecule has 0 aliphatic carbocycles. The summed E-state index contributed by atoms with van der Waals surface area (Å²) in [5.74, 6) is 0.329. The molecule has 4 rings (SSSR count). The third kappa shape index (κ3) is 5.12. The summed E-state index contributed by atoms with van der Waals surface area (Å²) in [4.78, 5) is 30.6. The molecule has 0 radical (unpaired) electrons. The number of hydrogen-bond donors (Lipinski definition) is 2. The summed E-state index contributed by atoms with van der Waals surface area (Å²) in [5.41, 5.74) is 1.78. The van der Waals surface area contributed by atoms with E-state index in [9.17, 15) is 9.59 Å². The quantitative estimate of drug-likeness (QED) is 0.780. The highest BCUT2D eigenvalue weighted by Gasteiger charge is 2.26. The van der Waals surface area contributed by atoms with Gasteiger partial charge in [0.1, 0.15) is 17.9 Å². The second-order valence-corrected chi connectivity index (χ2v) is 7.58. The SMILES string of the molecule is O=C(N[C@@H]1CCNC1=O)c1cccc(OC2CCN(Cc3ccncc3)CC2)c1. The van der Waals surface area contributed by atoms with Gasteiger partial charge in [0.15, 0.2) is 0 Å². The van der Waals surface area contributed by atoms with Crippen LogP contribution in [0.1, 0.15) is 35.2 Å². The molecule has 29 heavy (non-hydrogen) atoms. The molecule has 0 unspecified atom stereocenters. The van der Waals surface area contributed by atoms with Crippen molar-refractivity contribution < 1.29 is 14.3 Å². The van der Waals surface area contributed by atoms with Crippen molar-refractivity contribution in [3.05, 3.63) is 59.9 Å². The highest BCUT2D eigenvalue weighted by molar-refractivity contribution is 5.98. The first-order valence-corrected chi connectivity index (χ1v) is 10.1. The van der Waals surface area contributed by atoms with Crippen LogP contribution >= 0.6 is 0 Å². The van der Waals surface area contributed by atoms with Gasteiger partial charge in [0, 0.05) is 44.1 Å². The standard InChI is InChI=1S/C22H26N4O3/c27-21(25-20-6-11-24-22(20)28)17-2-1-3-19(14-17)29-18-7-12-26(13-8-18)15-16-4-9-23-10-5-16/h1-5,9-10,14,18,20H,6-8,11-13,15H2,(H,24,28)(H,25,27)/t20-/m1/s1. The molecule has 152 valence electrons. The van der Waals surface area contributed by atoms with Crippen LogP contribution in [0, 0.1) is 0 Å². The minimum atomic E-state index is -0.447. The maximum Gasteiger partial charge on any atom is 0.252 e. The predicted octanol–water partition coefficient (Wildman–Crippen LogP) is 1.74. The summed E-state index contributed by atoms with van der Waals surface area (Å²) >= 11 is 0. The van der Waals surface area contributed by atoms with Crippen molar-refractivity contribution in [3.63, 3.8) is 0 Å². The highest BCUT2D eigenvalue weighted by atomic mass is 16.5. The molecular formula is C22H26N4O3. The topological polar surface area (TPSA) is 83.6 Å². The average Bonchev–Trinajstić information content (AvgIpc) is 3.15. The number of aromatic nitrogens is 1. The van der Waals surface area contributed by atoms with Gasteiger partial charge in [0.05, 0.1) is 0 Å². The number of pyridine rings is 1. The van der Waals surface area contributed by atoms with Crippen LogP contribution in [0.5, 0.6) is 5.75 Å².